The maximum atomic E-state index is 12.7. The molecule has 1 aromatic heterocycles. The van der Waals surface area contributed by atoms with Crippen LogP contribution < -0.4 is 10.6 Å². The number of nitrogens with one attached hydrogen (secondary N) is 3. The van der Waals surface area contributed by atoms with Crippen LogP contribution >= 0.6 is 0 Å². The number of rotatable bonds is 3. The van der Waals surface area contributed by atoms with Crippen molar-refractivity contribution in [3.05, 3.63) is 101 Å². The Labute approximate surface area is 182 Å². The number of carbonyl (C=O) groups excluding carboxylic acids is 1. The molecule has 1 aliphatic heterocycles. The van der Waals surface area contributed by atoms with Gasteiger partial charge in [-0.3, -0.25) is 4.79 Å². The molecule has 162 valence electrons. The van der Waals surface area contributed by atoms with E-state index in [1.807, 2.05) is 24.3 Å². The third-order valence-electron chi connectivity index (χ3n) is 5.84. The molecular formula is C25H20F3N3O. The molecule has 32 heavy (non-hydrogen) atoms. The van der Waals surface area contributed by atoms with Gasteiger partial charge in [-0.05, 0) is 60.0 Å². The standard InChI is InChI=1S/C25H20F3N3O/c26-25(27,28)17-9-5-16(6-10-17)24(32)30-18-11-7-15(8-12-18)22-23-20(13-14-29-22)19-3-1-2-4-21(19)31-23/h1-12,22,29,31H,13-14H2,(H,30,32). The summed E-state index contributed by atoms with van der Waals surface area (Å²) >= 11 is 0. The van der Waals surface area contributed by atoms with E-state index in [1.54, 1.807) is 12.1 Å². The Balaban J connectivity index is 1.34. The molecule has 1 aliphatic rings. The smallest absolute Gasteiger partial charge is 0.357 e. The molecule has 1 unspecified atom stereocenters. The van der Waals surface area contributed by atoms with Crippen molar-refractivity contribution < 1.29 is 18.0 Å². The number of aromatic amines is 1. The molecule has 0 radical (unpaired) electrons. The molecule has 1 atom stereocenters. The van der Waals surface area contributed by atoms with Gasteiger partial charge in [0.25, 0.3) is 5.91 Å². The average Bonchev–Trinajstić information content (AvgIpc) is 3.18. The number of amides is 1. The predicted molar refractivity (Wildman–Crippen MR) is 118 cm³/mol. The summed E-state index contributed by atoms with van der Waals surface area (Å²) in [5, 5.41) is 7.53. The minimum atomic E-state index is -4.43. The highest BCUT2D eigenvalue weighted by molar-refractivity contribution is 6.04. The number of hydrogen-bond acceptors (Lipinski definition) is 2. The molecule has 0 saturated heterocycles. The van der Waals surface area contributed by atoms with Crippen LogP contribution in [0.4, 0.5) is 18.9 Å². The minimum Gasteiger partial charge on any atom is -0.357 e. The van der Waals surface area contributed by atoms with E-state index in [4.69, 9.17) is 0 Å². The van der Waals surface area contributed by atoms with E-state index >= 15 is 0 Å². The van der Waals surface area contributed by atoms with Crippen molar-refractivity contribution in [1.29, 1.82) is 0 Å². The van der Waals surface area contributed by atoms with Crippen LogP contribution in [0.2, 0.25) is 0 Å². The maximum Gasteiger partial charge on any atom is 0.416 e. The summed E-state index contributed by atoms with van der Waals surface area (Å²) in [6.07, 6.45) is -3.47. The predicted octanol–water partition coefficient (Wildman–Crippen LogP) is 5.67. The molecule has 2 heterocycles. The van der Waals surface area contributed by atoms with E-state index in [0.29, 0.717) is 5.69 Å². The number of anilines is 1. The van der Waals surface area contributed by atoms with E-state index in [2.05, 4.69) is 27.8 Å². The number of fused-ring (bicyclic) bond motifs is 3. The second-order valence-electron chi connectivity index (χ2n) is 7.85. The van der Waals surface area contributed by atoms with Crippen molar-refractivity contribution in [2.45, 2.75) is 18.6 Å². The van der Waals surface area contributed by atoms with Crippen LogP contribution in [0.5, 0.6) is 0 Å². The van der Waals surface area contributed by atoms with E-state index in [9.17, 15) is 18.0 Å². The molecule has 4 nitrogen and oxygen atoms in total. The second-order valence-corrected chi connectivity index (χ2v) is 7.85. The number of carbonyl (C=O) groups is 1. The Morgan fingerprint density at radius 1 is 0.938 bits per heavy atom. The van der Waals surface area contributed by atoms with Gasteiger partial charge < -0.3 is 15.6 Å². The number of benzene rings is 3. The summed E-state index contributed by atoms with van der Waals surface area (Å²) < 4.78 is 38.1. The fourth-order valence-corrected chi connectivity index (χ4v) is 4.24. The molecule has 0 saturated carbocycles. The fourth-order valence-electron chi connectivity index (χ4n) is 4.24. The Morgan fingerprint density at radius 2 is 1.66 bits per heavy atom. The van der Waals surface area contributed by atoms with Crippen LogP contribution in [-0.2, 0) is 12.6 Å². The Morgan fingerprint density at radius 3 is 2.38 bits per heavy atom. The highest BCUT2D eigenvalue weighted by Gasteiger charge is 2.30. The lowest BCUT2D eigenvalue weighted by Crippen LogP contribution is -2.30. The normalized spacial score (nSPS) is 16.0. The van der Waals surface area contributed by atoms with Crippen LogP contribution in [0.3, 0.4) is 0 Å². The first-order valence-electron chi connectivity index (χ1n) is 10.3. The van der Waals surface area contributed by atoms with Crippen molar-refractivity contribution >= 4 is 22.5 Å². The van der Waals surface area contributed by atoms with Crippen LogP contribution in [0.25, 0.3) is 10.9 Å². The monoisotopic (exact) mass is 435 g/mol. The SMILES string of the molecule is O=C(Nc1ccc(C2NCCc3c2[nH]c2ccccc32)cc1)c1ccc(C(F)(F)F)cc1. The zero-order chi connectivity index (χ0) is 22.3. The van der Waals surface area contributed by atoms with E-state index < -0.39 is 17.6 Å². The van der Waals surface area contributed by atoms with E-state index in [1.165, 1.54) is 23.1 Å². The van der Waals surface area contributed by atoms with Gasteiger partial charge in [-0.1, -0.05) is 30.3 Å². The van der Waals surface area contributed by atoms with Crippen molar-refractivity contribution in [3.8, 4) is 0 Å². The van der Waals surface area contributed by atoms with Crippen molar-refractivity contribution in [3.63, 3.8) is 0 Å². The second kappa shape index (κ2) is 7.84. The average molecular weight is 435 g/mol. The highest BCUT2D eigenvalue weighted by atomic mass is 19.4. The summed E-state index contributed by atoms with van der Waals surface area (Å²) in [5.74, 6) is -0.458. The summed E-state index contributed by atoms with van der Waals surface area (Å²) in [4.78, 5) is 16.0. The lowest BCUT2D eigenvalue weighted by Gasteiger charge is -2.25. The number of halogens is 3. The Kier molecular flexibility index (Phi) is 4.98. The van der Waals surface area contributed by atoms with Gasteiger partial charge in [-0.15, -0.1) is 0 Å². The van der Waals surface area contributed by atoms with Crippen molar-refractivity contribution in [1.82, 2.24) is 10.3 Å². The van der Waals surface area contributed by atoms with Crippen LogP contribution in [0.15, 0.2) is 72.8 Å². The molecule has 4 aromatic rings. The van der Waals surface area contributed by atoms with Crippen LogP contribution in [0.1, 0.15) is 38.8 Å². The zero-order valence-electron chi connectivity index (χ0n) is 17.0. The fraction of sp³-hybridized carbons (Fsp3) is 0.160. The number of alkyl halides is 3. The molecule has 7 heteroatoms. The largest absolute Gasteiger partial charge is 0.416 e. The van der Waals surface area contributed by atoms with E-state index in [0.717, 1.165) is 41.9 Å². The first-order chi connectivity index (χ1) is 15.4. The van der Waals surface area contributed by atoms with Gasteiger partial charge in [0.1, 0.15) is 0 Å². The third kappa shape index (κ3) is 3.76. The lowest BCUT2D eigenvalue weighted by molar-refractivity contribution is -0.137. The van der Waals surface area contributed by atoms with Crippen LogP contribution in [0, 0.1) is 0 Å². The number of hydrogen-bond donors (Lipinski definition) is 3. The number of para-hydroxylation sites is 1. The topological polar surface area (TPSA) is 56.9 Å². The lowest BCUT2D eigenvalue weighted by atomic mass is 9.94. The summed E-state index contributed by atoms with van der Waals surface area (Å²) in [6.45, 7) is 0.867. The van der Waals surface area contributed by atoms with Crippen LogP contribution in [-0.4, -0.2) is 17.4 Å². The highest BCUT2D eigenvalue weighted by Crippen LogP contribution is 2.34. The van der Waals surface area contributed by atoms with Gasteiger partial charge >= 0.3 is 6.18 Å². The van der Waals surface area contributed by atoms with Gasteiger partial charge in [0, 0.05) is 34.4 Å². The molecule has 0 fully saturated rings. The van der Waals surface area contributed by atoms with Gasteiger partial charge in [0.15, 0.2) is 0 Å². The van der Waals surface area contributed by atoms with Gasteiger partial charge in [0.2, 0.25) is 0 Å². The zero-order valence-corrected chi connectivity index (χ0v) is 17.0. The number of H-pyrrole nitrogens is 1. The number of aromatic nitrogens is 1. The van der Waals surface area contributed by atoms with Gasteiger partial charge in [-0.25, -0.2) is 0 Å². The van der Waals surface area contributed by atoms with Gasteiger partial charge in [0.05, 0.1) is 11.6 Å². The van der Waals surface area contributed by atoms with Crippen molar-refractivity contribution in [2.24, 2.45) is 0 Å². The molecule has 0 spiro atoms. The Bertz CT molecular complexity index is 1270. The maximum absolute atomic E-state index is 12.7. The minimum absolute atomic E-state index is 0.0193. The van der Waals surface area contributed by atoms with Gasteiger partial charge in [-0.2, -0.15) is 13.2 Å². The van der Waals surface area contributed by atoms with E-state index in [-0.39, 0.29) is 11.6 Å². The molecule has 3 N–H and O–H groups in total. The molecular weight excluding hydrogens is 415 g/mol. The van der Waals surface area contributed by atoms with Crippen molar-refractivity contribution in [2.75, 3.05) is 11.9 Å². The third-order valence-corrected chi connectivity index (χ3v) is 5.84. The first kappa shape index (κ1) is 20.3. The Hall–Kier alpha value is -3.58. The summed E-state index contributed by atoms with van der Waals surface area (Å²) in [7, 11) is 0. The quantitative estimate of drug-likeness (QED) is 0.388. The molecule has 3 aromatic carbocycles. The molecule has 0 bridgehead atoms. The summed E-state index contributed by atoms with van der Waals surface area (Å²) in [5.41, 5.74) is 4.61. The molecule has 1 amide bonds. The first-order valence-corrected chi connectivity index (χ1v) is 10.3. The molecule has 0 aliphatic carbocycles. The summed E-state index contributed by atoms with van der Waals surface area (Å²) in [6, 6.07) is 19.9. The molecule has 5 rings (SSSR count).